The Hall–Kier alpha value is -2.30. The Morgan fingerprint density at radius 1 is 1.44 bits per heavy atom. The minimum absolute atomic E-state index is 0.282. The Kier molecular flexibility index (Phi) is 5.44. The van der Waals surface area contributed by atoms with Gasteiger partial charge in [0.1, 0.15) is 12.9 Å². The maximum absolute atomic E-state index is 10.6. The molecule has 5 heteroatoms. The van der Waals surface area contributed by atoms with Crippen LogP contribution in [0.1, 0.15) is 10.4 Å². The summed E-state index contributed by atoms with van der Waals surface area (Å²) in [5, 5.41) is 0. The topological polar surface area (TPSA) is 73.9 Å². The van der Waals surface area contributed by atoms with Gasteiger partial charge < -0.3 is 15.2 Å². The molecule has 0 aliphatic carbocycles. The van der Waals surface area contributed by atoms with Crippen LogP contribution in [0.25, 0.3) is 0 Å². The minimum atomic E-state index is 0.282. The van der Waals surface area contributed by atoms with Gasteiger partial charge in [-0.05, 0) is 18.2 Å². The summed E-state index contributed by atoms with van der Waals surface area (Å²) in [7, 11) is 3.17. The van der Waals surface area contributed by atoms with Gasteiger partial charge in [0.25, 0.3) is 0 Å². The molecule has 0 aromatic heterocycles. The molecule has 0 aliphatic rings. The molecule has 1 rings (SSSR count). The number of nitrogens with two attached hydrogens (primary N) is 1. The first-order valence-electron chi connectivity index (χ1n) is 5.34. The van der Waals surface area contributed by atoms with Crippen LogP contribution in [0.3, 0.4) is 0 Å². The van der Waals surface area contributed by atoms with Crippen molar-refractivity contribution >= 4 is 12.5 Å². The van der Waals surface area contributed by atoms with Crippen molar-refractivity contribution in [3.63, 3.8) is 0 Å². The van der Waals surface area contributed by atoms with Gasteiger partial charge >= 0.3 is 0 Å². The van der Waals surface area contributed by atoms with E-state index in [9.17, 15) is 4.79 Å². The van der Waals surface area contributed by atoms with Crippen molar-refractivity contribution in [1.29, 1.82) is 0 Å². The molecule has 1 aromatic rings. The Balaban J connectivity index is 2.81. The molecule has 1 aromatic carbocycles. The molecule has 5 nitrogen and oxygen atoms in total. The summed E-state index contributed by atoms with van der Waals surface area (Å²) in [5.74, 6) is 1.05. The molecule has 0 radical (unpaired) electrons. The standard InChI is InChI=1S/C13H16N2O3/c1-15-7-11(6-14)9-18-12-4-3-10(8-16)5-13(12)17-2/h3-8H,9,14H2,1-2H3. The number of hydrogen-bond acceptors (Lipinski definition) is 5. The predicted molar refractivity (Wildman–Crippen MR) is 70.6 cm³/mol. The van der Waals surface area contributed by atoms with Crippen molar-refractivity contribution < 1.29 is 14.3 Å². The summed E-state index contributed by atoms with van der Waals surface area (Å²) in [4.78, 5) is 14.5. The van der Waals surface area contributed by atoms with Crippen LogP contribution in [-0.2, 0) is 0 Å². The molecule has 0 spiro atoms. The maximum atomic E-state index is 10.6. The number of nitrogens with zero attached hydrogens (tertiary/aromatic N) is 1. The summed E-state index contributed by atoms with van der Waals surface area (Å²) in [5.41, 5.74) is 6.71. The number of hydrogen-bond donors (Lipinski definition) is 1. The molecule has 0 saturated heterocycles. The third-order valence-electron chi connectivity index (χ3n) is 2.23. The van der Waals surface area contributed by atoms with Crippen LogP contribution in [0.4, 0.5) is 0 Å². The van der Waals surface area contributed by atoms with Crippen LogP contribution in [0.5, 0.6) is 11.5 Å². The van der Waals surface area contributed by atoms with E-state index in [1.54, 1.807) is 31.5 Å². The van der Waals surface area contributed by atoms with Crippen molar-refractivity contribution in [2.45, 2.75) is 0 Å². The maximum Gasteiger partial charge on any atom is 0.161 e. The zero-order valence-electron chi connectivity index (χ0n) is 10.4. The summed E-state index contributed by atoms with van der Waals surface area (Å²) < 4.78 is 10.7. The van der Waals surface area contributed by atoms with Crippen molar-refractivity contribution in [3.8, 4) is 11.5 Å². The van der Waals surface area contributed by atoms with Gasteiger partial charge in [-0.3, -0.25) is 9.79 Å². The van der Waals surface area contributed by atoms with Crippen LogP contribution in [-0.4, -0.2) is 33.3 Å². The molecule has 0 aliphatic heterocycles. The first kappa shape index (κ1) is 13.8. The summed E-state index contributed by atoms with van der Waals surface area (Å²) in [6.07, 6.45) is 3.80. The van der Waals surface area contributed by atoms with Gasteiger partial charge in [-0.25, -0.2) is 0 Å². The second kappa shape index (κ2) is 7.11. The average Bonchev–Trinajstić information content (AvgIpc) is 2.43. The average molecular weight is 248 g/mol. The molecular formula is C13H16N2O3. The fourth-order valence-electron chi connectivity index (χ4n) is 1.33. The SMILES string of the molecule is CN=CC(=CN)COc1ccc(C=O)cc1OC. The van der Waals surface area contributed by atoms with Gasteiger partial charge in [-0.15, -0.1) is 0 Å². The zero-order chi connectivity index (χ0) is 13.4. The monoisotopic (exact) mass is 248 g/mol. The van der Waals surface area contributed by atoms with E-state index >= 15 is 0 Å². The number of ether oxygens (including phenoxy) is 2. The normalized spacial score (nSPS) is 11.6. The highest BCUT2D eigenvalue weighted by Crippen LogP contribution is 2.27. The molecule has 0 heterocycles. The summed E-state index contributed by atoms with van der Waals surface area (Å²) in [6, 6.07) is 4.95. The number of aldehydes is 1. The zero-order valence-corrected chi connectivity index (χ0v) is 10.4. The second-order valence-corrected chi connectivity index (χ2v) is 3.45. The number of aliphatic imine (C=N–C) groups is 1. The van der Waals surface area contributed by atoms with Crippen molar-refractivity contribution in [2.75, 3.05) is 20.8 Å². The third-order valence-corrected chi connectivity index (χ3v) is 2.23. The second-order valence-electron chi connectivity index (χ2n) is 3.45. The lowest BCUT2D eigenvalue weighted by molar-refractivity contribution is 0.112. The highest BCUT2D eigenvalue weighted by atomic mass is 16.5. The van der Waals surface area contributed by atoms with Crippen molar-refractivity contribution in [3.05, 3.63) is 35.5 Å². The van der Waals surface area contributed by atoms with Crippen molar-refractivity contribution in [1.82, 2.24) is 0 Å². The minimum Gasteiger partial charge on any atom is -0.493 e. The van der Waals surface area contributed by atoms with Gasteiger partial charge in [-0.1, -0.05) is 0 Å². The molecule has 96 valence electrons. The Morgan fingerprint density at radius 2 is 2.22 bits per heavy atom. The quantitative estimate of drug-likeness (QED) is 0.610. The number of carbonyl (C=O) groups is 1. The Morgan fingerprint density at radius 3 is 2.78 bits per heavy atom. The number of rotatable bonds is 6. The number of methoxy groups -OCH3 is 1. The summed E-state index contributed by atoms with van der Waals surface area (Å²) >= 11 is 0. The lowest BCUT2D eigenvalue weighted by Gasteiger charge is -2.11. The van der Waals surface area contributed by atoms with Crippen LogP contribution < -0.4 is 15.2 Å². The first-order valence-corrected chi connectivity index (χ1v) is 5.34. The molecule has 0 unspecified atom stereocenters. The molecule has 0 fully saturated rings. The number of carbonyl (C=O) groups excluding carboxylic acids is 1. The molecule has 2 N–H and O–H groups in total. The van der Waals surface area contributed by atoms with E-state index in [0.717, 1.165) is 11.9 Å². The molecule has 0 atom stereocenters. The van der Waals surface area contributed by atoms with E-state index in [1.165, 1.54) is 13.3 Å². The molecule has 0 saturated carbocycles. The molecule has 18 heavy (non-hydrogen) atoms. The molecule has 0 amide bonds. The van der Waals surface area contributed by atoms with Gasteiger partial charge in [0.15, 0.2) is 11.5 Å². The van der Waals surface area contributed by atoms with Crippen LogP contribution in [0, 0.1) is 0 Å². The largest absolute Gasteiger partial charge is 0.493 e. The lowest BCUT2D eigenvalue weighted by Crippen LogP contribution is -2.05. The molecular weight excluding hydrogens is 232 g/mol. The van der Waals surface area contributed by atoms with E-state index in [-0.39, 0.29) is 6.61 Å². The van der Waals surface area contributed by atoms with Crippen molar-refractivity contribution in [2.24, 2.45) is 10.7 Å². The highest BCUT2D eigenvalue weighted by molar-refractivity contribution is 5.78. The first-order chi connectivity index (χ1) is 8.74. The molecule has 0 bridgehead atoms. The third kappa shape index (κ3) is 3.62. The predicted octanol–water partition coefficient (Wildman–Crippen LogP) is 1.43. The fourth-order valence-corrected chi connectivity index (χ4v) is 1.33. The van der Waals surface area contributed by atoms with E-state index < -0.39 is 0 Å². The van der Waals surface area contributed by atoms with Crippen LogP contribution in [0.15, 0.2) is 35.0 Å². The summed E-state index contributed by atoms with van der Waals surface area (Å²) in [6.45, 7) is 0.282. The Bertz CT molecular complexity index is 467. The van der Waals surface area contributed by atoms with Crippen LogP contribution >= 0.6 is 0 Å². The van der Waals surface area contributed by atoms with Crippen LogP contribution in [0.2, 0.25) is 0 Å². The number of benzene rings is 1. The van der Waals surface area contributed by atoms with E-state index in [1.807, 2.05) is 0 Å². The van der Waals surface area contributed by atoms with Gasteiger partial charge in [0, 0.05) is 30.6 Å². The van der Waals surface area contributed by atoms with Gasteiger partial charge in [0.05, 0.1) is 7.11 Å². The van der Waals surface area contributed by atoms with Gasteiger partial charge in [-0.2, -0.15) is 0 Å². The lowest BCUT2D eigenvalue weighted by atomic mass is 10.2. The highest BCUT2D eigenvalue weighted by Gasteiger charge is 2.06. The smallest absolute Gasteiger partial charge is 0.161 e. The Labute approximate surface area is 106 Å². The van der Waals surface area contributed by atoms with E-state index in [0.29, 0.717) is 17.1 Å². The van der Waals surface area contributed by atoms with E-state index in [4.69, 9.17) is 15.2 Å². The van der Waals surface area contributed by atoms with Gasteiger partial charge in [0.2, 0.25) is 0 Å². The van der Waals surface area contributed by atoms with E-state index in [2.05, 4.69) is 4.99 Å². The fraction of sp³-hybridized carbons (Fsp3) is 0.231.